The molecule has 1 aromatic heterocycles. The maximum absolute atomic E-state index is 11.9. The Hall–Kier alpha value is -1.42. The molecule has 0 atom stereocenters. The maximum atomic E-state index is 11.9. The van der Waals surface area contributed by atoms with Crippen LogP contribution in [-0.4, -0.2) is 9.97 Å². The van der Waals surface area contributed by atoms with Crippen molar-refractivity contribution in [1.29, 1.82) is 5.26 Å². The van der Waals surface area contributed by atoms with Crippen LogP contribution >= 0.6 is 0 Å². The molecule has 66 valence electrons. The first kappa shape index (κ1) is 12.6. The van der Waals surface area contributed by atoms with Crippen molar-refractivity contribution in [2.45, 2.75) is 6.18 Å². The third-order valence-corrected chi connectivity index (χ3v) is 1.17. The smallest absolute Gasteiger partial charge is 0.361 e. The number of nitrogens with one attached hydrogen (secondary N) is 1. The SMILES string of the molecule is [C-]#[N+]c1[nH]c(C(F)(F)F)nc1C#N.[Li+]. The van der Waals surface area contributed by atoms with Gasteiger partial charge in [0.15, 0.2) is 5.69 Å². The minimum atomic E-state index is -4.66. The number of aromatic nitrogens is 2. The first-order valence-corrected chi connectivity index (χ1v) is 2.93. The summed E-state index contributed by atoms with van der Waals surface area (Å²) in [6, 6.07) is 1.38. The predicted molar refractivity (Wildman–Crippen MR) is 34.6 cm³/mol. The van der Waals surface area contributed by atoms with E-state index in [0.29, 0.717) is 0 Å². The fraction of sp³-hybridized carbons (Fsp3) is 0.167. The Morgan fingerprint density at radius 1 is 1.50 bits per heavy atom. The fourth-order valence-corrected chi connectivity index (χ4v) is 0.657. The Morgan fingerprint density at radius 3 is 2.36 bits per heavy atom. The Kier molecular flexibility index (Phi) is 3.77. The zero-order valence-corrected chi connectivity index (χ0v) is 6.98. The van der Waals surface area contributed by atoms with E-state index in [1.165, 1.54) is 6.07 Å². The summed E-state index contributed by atoms with van der Waals surface area (Å²) in [5.74, 6) is -1.81. The number of hydrogen-bond acceptors (Lipinski definition) is 2. The number of aromatic amines is 1. The van der Waals surface area contributed by atoms with Gasteiger partial charge in [-0.05, 0) is 0 Å². The average Bonchev–Trinajstić information content (AvgIpc) is 2.45. The van der Waals surface area contributed by atoms with Gasteiger partial charge in [-0.2, -0.15) is 18.4 Å². The van der Waals surface area contributed by atoms with Gasteiger partial charge in [0.1, 0.15) is 6.07 Å². The molecule has 0 saturated carbocycles. The molecule has 0 aromatic carbocycles. The van der Waals surface area contributed by atoms with E-state index in [1.807, 2.05) is 0 Å². The molecule has 0 unspecified atom stereocenters. The van der Waals surface area contributed by atoms with Gasteiger partial charge in [0.25, 0.3) is 11.6 Å². The molecule has 1 aromatic rings. The first-order valence-electron chi connectivity index (χ1n) is 2.93. The van der Waals surface area contributed by atoms with Crippen LogP contribution in [-0.2, 0) is 6.18 Å². The van der Waals surface area contributed by atoms with Crippen LogP contribution < -0.4 is 18.9 Å². The molecule has 0 spiro atoms. The Labute approximate surface area is 88.7 Å². The normalized spacial score (nSPS) is 9.79. The van der Waals surface area contributed by atoms with Gasteiger partial charge in [0.05, 0.1) is 0 Å². The van der Waals surface area contributed by atoms with E-state index < -0.39 is 23.5 Å². The zero-order chi connectivity index (χ0) is 10.1. The average molecular weight is 193 g/mol. The van der Waals surface area contributed by atoms with Crippen LogP contribution in [0.3, 0.4) is 0 Å². The second-order valence-electron chi connectivity index (χ2n) is 2.00. The quantitative estimate of drug-likeness (QED) is 0.418. The van der Waals surface area contributed by atoms with Gasteiger partial charge in [-0.3, -0.25) is 4.98 Å². The molecule has 0 bridgehead atoms. The Balaban J connectivity index is 0.00000169. The van der Waals surface area contributed by atoms with Crippen molar-refractivity contribution in [3.63, 3.8) is 0 Å². The molecule has 1 heterocycles. The molecule has 14 heavy (non-hydrogen) atoms. The predicted octanol–water partition coefficient (Wildman–Crippen LogP) is -1.15. The van der Waals surface area contributed by atoms with Crippen LogP contribution in [0.5, 0.6) is 0 Å². The minimum Gasteiger partial charge on any atom is -0.361 e. The number of halogens is 3. The number of imidazole rings is 1. The van der Waals surface area contributed by atoms with Crippen LogP contribution in [0.1, 0.15) is 11.5 Å². The third kappa shape index (κ3) is 2.29. The van der Waals surface area contributed by atoms with E-state index in [2.05, 4.69) is 9.83 Å². The minimum absolute atomic E-state index is 0. The van der Waals surface area contributed by atoms with Crippen LogP contribution in [0.4, 0.5) is 19.0 Å². The monoisotopic (exact) mass is 193 g/mol. The number of rotatable bonds is 0. The van der Waals surface area contributed by atoms with Gasteiger partial charge in [0.2, 0.25) is 0 Å². The molecule has 0 aliphatic carbocycles. The van der Waals surface area contributed by atoms with E-state index in [1.54, 1.807) is 4.98 Å². The summed E-state index contributed by atoms with van der Waals surface area (Å²) in [6.07, 6.45) is -4.66. The van der Waals surface area contributed by atoms with Crippen LogP contribution in [0.2, 0.25) is 0 Å². The maximum Gasteiger partial charge on any atom is 1.00 e. The van der Waals surface area contributed by atoms with Gasteiger partial charge in [-0.25, -0.2) is 4.98 Å². The van der Waals surface area contributed by atoms with E-state index in [4.69, 9.17) is 11.8 Å². The summed E-state index contributed by atoms with van der Waals surface area (Å²) in [4.78, 5) is 7.31. The van der Waals surface area contributed by atoms with Crippen molar-refractivity contribution in [1.82, 2.24) is 9.97 Å². The topological polar surface area (TPSA) is 56.8 Å². The second-order valence-corrected chi connectivity index (χ2v) is 2.00. The van der Waals surface area contributed by atoms with E-state index in [9.17, 15) is 13.2 Å². The first-order chi connectivity index (χ1) is 5.99. The number of nitrogens with zero attached hydrogens (tertiary/aromatic N) is 3. The summed E-state index contributed by atoms with van der Waals surface area (Å²) in [5, 5.41) is 8.29. The Morgan fingerprint density at radius 2 is 2.07 bits per heavy atom. The third-order valence-electron chi connectivity index (χ3n) is 1.17. The van der Waals surface area contributed by atoms with Crippen molar-refractivity contribution in [3.8, 4) is 6.07 Å². The van der Waals surface area contributed by atoms with Crippen molar-refractivity contribution in [2.75, 3.05) is 0 Å². The molecule has 0 saturated heterocycles. The van der Waals surface area contributed by atoms with Gasteiger partial charge >= 0.3 is 25.0 Å². The molecule has 4 nitrogen and oxygen atoms in total. The number of alkyl halides is 3. The Bertz CT molecular complexity index is 377. The second kappa shape index (κ2) is 4.19. The van der Waals surface area contributed by atoms with Crippen molar-refractivity contribution < 1.29 is 32.0 Å². The molecular formula is C6HF3LiN4+. The molecule has 1 N–H and O–H groups in total. The van der Waals surface area contributed by atoms with Gasteiger partial charge in [-0.1, -0.05) is 6.57 Å². The van der Waals surface area contributed by atoms with E-state index >= 15 is 0 Å². The number of nitriles is 1. The van der Waals surface area contributed by atoms with Crippen molar-refractivity contribution >= 4 is 5.82 Å². The summed E-state index contributed by atoms with van der Waals surface area (Å²) < 4.78 is 35.8. The van der Waals surface area contributed by atoms with Gasteiger partial charge in [-0.15, -0.1) is 0 Å². The molecule has 0 amide bonds. The van der Waals surface area contributed by atoms with E-state index in [0.717, 1.165) is 0 Å². The number of H-pyrrole nitrogens is 1. The van der Waals surface area contributed by atoms with Crippen LogP contribution in [0, 0.1) is 17.9 Å². The molecule has 0 fully saturated rings. The molecule has 0 aliphatic rings. The fourth-order valence-electron chi connectivity index (χ4n) is 0.657. The van der Waals surface area contributed by atoms with Crippen molar-refractivity contribution in [2.24, 2.45) is 0 Å². The number of hydrogen-bond donors (Lipinski definition) is 1. The summed E-state index contributed by atoms with van der Waals surface area (Å²) in [7, 11) is 0. The summed E-state index contributed by atoms with van der Waals surface area (Å²) in [5.41, 5.74) is -0.540. The molecule has 0 aliphatic heterocycles. The zero-order valence-electron chi connectivity index (χ0n) is 6.98. The molecular weight excluding hydrogens is 192 g/mol. The van der Waals surface area contributed by atoms with E-state index in [-0.39, 0.29) is 18.9 Å². The van der Waals surface area contributed by atoms with Gasteiger partial charge in [0, 0.05) is 0 Å². The largest absolute Gasteiger partial charge is 1.00 e. The molecule has 1 rings (SSSR count). The van der Waals surface area contributed by atoms with Crippen LogP contribution in [0.15, 0.2) is 0 Å². The molecule has 0 radical (unpaired) electrons. The van der Waals surface area contributed by atoms with Gasteiger partial charge < -0.3 is 4.85 Å². The van der Waals surface area contributed by atoms with Crippen LogP contribution in [0.25, 0.3) is 4.85 Å². The van der Waals surface area contributed by atoms with Crippen molar-refractivity contribution in [3.05, 3.63) is 22.9 Å². The summed E-state index contributed by atoms with van der Waals surface area (Å²) in [6.45, 7) is 6.44. The standard InChI is InChI=1S/C6HF3N4.Li/c1-11-4-3(2-10)12-5(13-4)6(7,8)9;/h(H,12,13);/q;+1. The molecule has 8 heteroatoms. The summed E-state index contributed by atoms with van der Waals surface area (Å²) >= 11 is 0.